The number of nitriles is 1. The van der Waals surface area contributed by atoms with Crippen LogP contribution in [0.3, 0.4) is 0 Å². The van der Waals surface area contributed by atoms with Crippen LogP contribution in [0.1, 0.15) is 30.4 Å². The number of hydrazone groups is 1. The quantitative estimate of drug-likeness (QED) is 0.236. The molecule has 1 aromatic carbocycles. The Bertz CT molecular complexity index is 1470. The molecule has 12 nitrogen and oxygen atoms in total. The number of piperidine rings is 1. The molecule has 13 heteroatoms. The summed E-state index contributed by atoms with van der Waals surface area (Å²) < 4.78 is 29.4. The number of fused-ring (bicyclic) bond motifs is 1. The number of aromatic nitrogens is 2. The van der Waals surface area contributed by atoms with Crippen molar-refractivity contribution in [2.24, 2.45) is 5.10 Å². The van der Waals surface area contributed by atoms with Crippen molar-refractivity contribution in [3.63, 3.8) is 0 Å². The SMILES string of the molecule is CN(CCN1CCCCC1)c1ccc([N+](=O)[O-])cc1S(=O)(=O)N(C)N=Cc1cnn2ccc(C#N)cc12. The van der Waals surface area contributed by atoms with E-state index in [1.807, 2.05) is 0 Å². The first kappa shape index (κ1) is 26.1. The molecule has 1 aliphatic heterocycles. The minimum Gasteiger partial charge on any atom is -0.372 e. The van der Waals surface area contributed by atoms with Crippen molar-refractivity contribution in [2.75, 3.05) is 45.2 Å². The van der Waals surface area contributed by atoms with E-state index >= 15 is 0 Å². The van der Waals surface area contributed by atoms with Crippen LogP contribution in [0.25, 0.3) is 5.52 Å². The van der Waals surface area contributed by atoms with E-state index in [0.717, 1.165) is 43.0 Å². The highest BCUT2D eigenvalue weighted by molar-refractivity contribution is 7.89. The van der Waals surface area contributed by atoms with Crippen LogP contribution in [0.15, 0.2) is 52.7 Å². The molecule has 0 unspecified atom stereocenters. The number of likely N-dealkylation sites (tertiary alicyclic amines) is 1. The van der Waals surface area contributed by atoms with Gasteiger partial charge in [0.1, 0.15) is 4.90 Å². The Morgan fingerprint density at radius 2 is 1.97 bits per heavy atom. The number of nitro benzene ring substituents is 1. The highest BCUT2D eigenvalue weighted by Gasteiger charge is 2.28. The second-order valence-corrected chi connectivity index (χ2v) is 10.8. The fourth-order valence-corrected chi connectivity index (χ4v) is 5.46. The Hall–Kier alpha value is -4.02. The number of likely N-dealkylation sites (N-methyl/N-ethyl adjacent to an activating group) is 1. The molecule has 0 spiro atoms. The van der Waals surface area contributed by atoms with Crippen molar-refractivity contribution in [1.82, 2.24) is 18.9 Å². The lowest BCUT2D eigenvalue weighted by Gasteiger charge is -2.30. The van der Waals surface area contributed by atoms with Crippen molar-refractivity contribution in [1.29, 1.82) is 5.26 Å². The number of nitrogens with zero attached hydrogens (tertiary/aromatic N) is 8. The zero-order valence-corrected chi connectivity index (χ0v) is 21.5. The summed E-state index contributed by atoms with van der Waals surface area (Å²) in [7, 11) is -1.19. The van der Waals surface area contributed by atoms with Crippen LogP contribution in [0.5, 0.6) is 0 Å². The van der Waals surface area contributed by atoms with Gasteiger partial charge >= 0.3 is 0 Å². The number of sulfonamides is 1. The van der Waals surface area contributed by atoms with Gasteiger partial charge in [-0.1, -0.05) is 6.42 Å². The Balaban J connectivity index is 1.62. The molecule has 3 heterocycles. The first-order chi connectivity index (χ1) is 17.7. The van der Waals surface area contributed by atoms with Crippen molar-refractivity contribution < 1.29 is 13.3 Å². The maximum Gasteiger partial charge on any atom is 0.281 e. The molecule has 1 fully saturated rings. The second kappa shape index (κ2) is 10.9. The summed E-state index contributed by atoms with van der Waals surface area (Å²) in [6.07, 6.45) is 7.98. The van der Waals surface area contributed by atoms with E-state index in [1.54, 1.807) is 34.8 Å². The number of hydrogen-bond acceptors (Lipinski definition) is 9. The third-order valence-electron chi connectivity index (χ3n) is 6.43. The minimum absolute atomic E-state index is 0.200. The fraction of sp³-hybridized carbons (Fsp3) is 0.375. The summed E-state index contributed by atoms with van der Waals surface area (Å²) in [5, 5.41) is 28.9. The van der Waals surface area contributed by atoms with Gasteiger partial charge in [0.2, 0.25) is 0 Å². The van der Waals surface area contributed by atoms with Gasteiger partial charge in [0.25, 0.3) is 15.7 Å². The summed E-state index contributed by atoms with van der Waals surface area (Å²) in [5.41, 5.74) is 1.56. The lowest BCUT2D eigenvalue weighted by molar-refractivity contribution is -0.385. The molecule has 4 rings (SSSR count). The number of benzene rings is 1. The van der Waals surface area contributed by atoms with Gasteiger partial charge in [0.05, 0.1) is 40.2 Å². The van der Waals surface area contributed by atoms with E-state index in [1.165, 1.54) is 38.0 Å². The first-order valence-corrected chi connectivity index (χ1v) is 13.3. The number of nitro groups is 1. The predicted molar refractivity (Wildman–Crippen MR) is 139 cm³/mol. The van der Waals surface area contributed by atoms with Crippen molar-refractivity contribution in [2.45, 2.75) is 24.2 Å². The Labute approximate surface area is 215 Å². The van der Waals surface area contributed by atoms with E-state index < -0.39 is 14.9 Å². The van der Waals surface area contributed by atoms with Gasteiger partial charge in [-0.25, -0.2) is 4.52 Å². The molecule has 37 heavy (non-hydrogen) atoms. The van der Waals surface area contributed by atoms with Gasteiger partial charge in [-0.3, -0.25) is 10.1 Å². The molecule has 1 saturated heterocycles. The van der Waals surface area contributed by atoms with E-state index in [-0.39, 0.29) is 10.6 Å². The smallest absolute Gasteiger partial charge is 0.281 e. The van der Waals surface area contributed by atoms with E-state index in [0.29, 0.717) is 28.9 Å². The highest BCUT2D eigenvalue weighted by atomic mass is 32.2. The molecule has 0 N–H and O–H groups in total. The average molecular weight is 525 g/mol. The summed E-state index contributed by atoms with van der Waals surface area (Å²) >= 11 is 0. The average Bonchev–Trinajstić information content (AvgIpc) is 3.32. The zero-order chi connectivity index (χ0) is 26.6. The van der Waals surface area contributed by atoms with Crippen molar-refractivity contribution >= 4 is 33.1 Å². The molecule has 0 atom stereocenters. The summed E-state index contributed by atoms with van der Waals surface area (Å²) in [4.78, 5) is 14.8. The van der Waals surface area contributed by atoms with Crippen LogP contribution in [-0.2, 0) is 10.0 Å². The molecule has 0 aliphatic carbocycles. The number of rotatable bonds is 9. The molecule has 194 valence electrons. The molecule has 0 radical (unpaired) electrons. The second-order valence-electron chi connectivity index (χ2n) is 8.87. The number of non-ortho nitro benzene ring substituents is 1. The highest BCUT2D eigenvalue weighted by Crippen LogP contribution is 2.31. The van der Waals surface area contributed by atoms with E-state index in [9.17, 15) is 18.5 Å². The van der Waals surface area contributed by atoms with Gasteiger partial charge in [-0.2, -0.15) is 28.3 Å². The lowest BCUT2D eigenvalue weighted by atomic mass is 10.1. The molecular formula is C24H28N8O4S. The molecule has 0 amide bonds. The normalized spacial score (nSPS) is 14.6. The maximum atomic E-state index is 13.6. The van der Waals surface area contributed by atoms with Gasteiger partial charge in [0, 0.05) is 51.1 Å². The Morgan fingerprint density at radius 1 is 1.22 bits per heavy atom. The summed E-state index contributed by atoms with van der Waals surface area (Å²) in [6, 6.07) is 9.14. The molecule has 0 bridgehead atoms. The minimum atomic E-state index is -4.24. The predicted octanol–water partition coefficient (Wildman–Crippen LogP) is 2.69. The number of pyridine rings is 1. The Morgan fingerprint density at radius 3 is 2.68 bits per heavy atom. The molecule has 0 saturated carbocycles. The van der Waals surface area contributed by atoms with Crippen molar-refractivity contribution in [3.8, 4) is 6.07 Å². The van der Waals surface area contributed by atoms with Crippen LogP contribution < -0.4 is 4.90 Å². The van der Waals surface area contributed by atoms with Crippen LogP contribution in [0.4, 0.5) is 11.4 Å². The van der Waals surface area contributed by atoms with Crippen LogP contribution >= 0.6 is 0 Å². The largest absolute Gasteiger partial charge is 0.372 e. The van der Waals surface area contributed by atoms with E-state index in [4.69, 9.17) is 5.26 Å². The van der Waals surface area contributed by atoms with Crippen LogP contribution in [-0.4, -0.2) is 78.8 Å². The fourth-order valence-electron chi connectivity index (χ4n) is 4.25. The third-order valence-corrected chi connectivity index (χ3v) is 8.10. The van der Waals surface area contributed by atoms with Gasteiger partial charge in [-0.05, 0) is 44.1 Å². The molecule has 1 aliphatic rings. The number of anilines is 1. The third kappa shape index (κ3) is 5.71. The van der Waals surface area contributed by atoms with Crippen molar-refractivity contribution in [3.05, 3.63) is 64.0 Å². The maximum absolute atomic E-state index is 13.6. The summed E-state index contributed by atoms with van der Waals surface area (Å²) in [5.74, 6) is 0. The van der Waals surface area contributed by atoms with Crippen LogP contribution in [0.2, 0.25) is 0 Å². The summed E-state index contributed by atoms with van der Waals surface area (Å²) in [6.45, 7) is 3.35. The van der Waals surface area contributed by atoms with E-state index in [2.05, 4.69) is 21.2 Å². The molecule has 2 aromatic heterocycles. The zero-order valence-electron chi connectivity index (χ0n) is 20.7. The number of hydrogen-bond donors (Lipinski definition) is 0. The van der Waals surface area contributed by atoms with Gasteiger partial charge in [0.15, 0.2) is 0 Å². The molecule has 3 aromatic rings. The van der Waals surface area contributed by atoms with Gasteiger partial charge < -0.3 is 9.80 Å². The standard InChI is InChI=1S/C24H28N8O4S/c1-28(12-13-30-9-4-3-5-10-30)22-7-6-21(32(33)34)15-24(22)37(35,36)29(2)26-17-20-18-27-31-11-8-19(16-25)14-23(20)31/h6-8,11,14-15,17-18H,3-5,9-10,12-13H2,1-2H3. The topological polar surface area (TPSA) is 140 Å². The first-order valence-electron chi connectivity index (χ1n) is 11.8. The Kier molecular flexibility index (Phi) is 7.70. The molecular weight excluding hydrogens is 496 g/mol. The van der Waals surface area contributed by atoms with Crippen LogP contribution in [0, 0.1) is 21.4 Å². The van der Waals surface area contributed by atoms with Gasteiger partial charge in [-0.15, -0.1) is 0 Å². The lowest BCUT2D eigenvalue weighted by Crippen LogP contribution is -2.37. The monoisotopic (exact) mass is 524 g/mol.